The molecular formula is C17H21ClN4O2. The van der Waals surface area contributed by atoms with Crippen LogP contribution in [0.25, 0.3) is 11.4 Å². The van der Waals surface area contributed by atoms with Crippen molar-refractivity contribution >= 4 is 17.5 Å². The van der Waals surface area contributed by atoms with Crippen molar-refractivity contribution in [3.8, 4) is 11.4 Å². The molecule has 1 atom stereocenters. The molecule has 1 aromatic heterocycles. The van der Waals surface area contributed by atoms with Gasteiger partial charge in [0.05, 0.1) is 0 Å². The molecule has 24 heavy (non-hydrogen) atoms. The van der Waals surface area contributed by atoms with E-state index in [-0.39, 0.29) is 11.9 Å². The van der Waals surface area contributed by atoms with Crippen molar-refractivity contribution in [3.05, 3.63) is 35.2 Å². The van der Waals surface area contributed by atoms with Gasteiger partial charge in [-0.1, -0.05) is 16.8 Å². The number of carbonyl (C=O) groups is 1. The maximum atomic E-state index is 12.4. The summed E-state index contributed by atoms with van der Waals surface area (Å²) in [4.78, 5) is 18.7. The molecule has 128 valence electrons. The second kappa shape index (κ2) is 7.77. The van der Waals surface area contributed by atoms with Gasteiger partial charge in [0, 0.05) is 42.6 Å². The summed E-state index contributed by atoms with van der Waals surface area (Å²) in [5.41, 5.74) is 6.61. The highest BCUT2D eigenvalue weighted by Gasteiger charge is 2.25. The standard InChI is InChI=1S/C17H21ClN4O2/c18-13-6-4-12(5-7-13)17-20-15(24-21-17)8-9-16(23)22-10-2-1-3-14(22)11-19/h4-7,14H,1-3,8-11,19H2. The fourth-order valence-electron chi connectivity index (χ4n) is 3.00. The van der Waals surface area contributed by atoms with Gasteiger partial charge < -0.3 is 15.2 Å². The van der Waals surface area contributed by atoms with E-state index in [0.717, 1.165) is 31.4 Å². The predicted octanol–water partition coefficient (Wildman–Crippen LogP) is 2.66. The molecule has 1 unspecified atom stereocenters. The molecule has 1 saturated heterocycles. The molecule has 0 spiro atoms. The molecule has 7 heteroatoms. The number of aromatic nitrogens is 2. The first-order valence-electron chi connectivity index (χ1n) is 8.25. The third kappa shape index (κ3) is 3.94. The first kappa shape index (κ1) is 16.9. The SMILES string of the molecule is NCC1CCCCN1C(=O)CCc1nc(-c2ccc(Cl)cc2)no1. The lowest BCUT2D eigenvalue weighted by atomic mass is 10.0. The minimum absolute atomic E-state index is 0.108. The second-order valence-corrected chi connectivity index (χ2v) is 6.43. The molecule has 6 nitrogen and oxygen atoms in total. The summed E-state index contributed by atoms with van der Waals surface area (Å²) in [5.74, 6) is 1.08. The summed E-state index contributed by atoms with van der Waals surface area (Å²) in [6.07, 6.45) is 3.97. The van der Waals surface area contributed by atoms with E-state index in [1.807, 2.05) is 17.0 Å². The molecule has 2 heterocycles. The number of hydrogen-bond donors (Lipinski definition) is 1. The van der Waals surface area contributed by atoms with E-state index in [9.17, 15) is 4.79 Å². The smallest absolute Gasteiger partial charge is 0.227 e. The zero-order chi connectivity index (χ0) is 16.9. The first-order chi connectivity index (χ1) is 11.7. The van der Waals surface area contributed by atoms with Gasteiger partial charge in [0.1, 0.15) is 0 Å². The molecule has 1 aliphatic rings. The van der Waals surface area contributed by atoms with Crippen molar-refractivity contribution in [2.45, 2.75) is 38.1 Å². The van der Waals surface area contributed by atoms with Crippen molar-refractivity contribution < 1.29 is 9.32 Å². The van der Waals surface area contributed by atoms with E-state index >= 15 is 0 Å². The van der Waals surface area contributed by atoms with Gasteiger partial charge in [-0.25, -0.2) is 0 Å². The first-order valence-corrected chi connectivity index (χ1v) is 8.63. The van der Waals surface area contributed by atoms with Crippen molar-refractivity contribution in [1.29, 1.82) is 0 Å². The minimum atomic E-state index is 0.108. The van der Waals surface area contributed by atoms with Crippen LogP contribution in [0.2, 0.25) is 5.02 Å². The summed E-state index contributed by atoms with van der Waals surface area (Å²) in [5, 5.41) is 4.62. The third-order valence-electron chi connectivity index (χ3n) is 4.34. The van der Waals surface area contributed by atoms with Crippen LogP contribution in [0.1, 0.15) is 31.6 Å². The zero-order valence-corrected chi connectivity index (χ0v) is 14.2. The van der Waals surface area contributed by atoms with Crippen LogP contribution in [0.5, 0.6) is 0 Å². The van der Waals surface area contributed by atoms with Crippen molar-refractivity contribution in [1.82, 2.24) is 15.0 Å². The number of rotatable bonds is 5. The van der Waals surface area contributed by atoms with Gasteiger partial charge in [-0.15, -0.1) is 0 Å². The summed E-state index contributed by atoms with van der Waals surface area (Å²) >= 11 is 5.87. The Morgan fingerprint density at radius 3 is 2.88 bits per heavy atom. The highest BCUT2D eigenvalue weighted by atomic mass is 35.5. The quantitative estimate of drug-likeness (QED) is 0.897. The van der Waals surface area contributed by atoms with Crippen LogP contribution >= 0.6 is 11.6 Å². The van der Waals surface area contributed by atoms with E-state index in [2.05, 4.69) is 10.1 Å². The normalized spacial score (nSPS) is 17.9. The van der Waals surface area contributed by atoms with Crippen LogP contribution in [0.3, 0.4) is 0 Å². The van der Waals surface area contributed by atoms with Crippen LogP contribution in [-0.2, 0) is 11.2 Å². The number of likely N-dealkylation sites (tertiary alicyclic amines) is 1. The maximum Gasteiger partial charge on any atom is 0.227 e. The molecule has 2 N–H and O–H groups in total. The van der Waals surface area contributed by atoms with Gasteiger partial charge in [-0.2, -0.15) is 4.98 Å². The van der Waals surface area contributed by atoms with Gasteiger partial charge in [-0.3, -0.25) is 4.79 Å². The minimum Gasteiger partial charge on any atom is -0.339 e. The Kier molecular flexibility index (Phi) is 5.48. The van der Waals surface area contributed by atoms with Crippen LogP contribution in [-0.4, -0.2) is 40.1 Å². The Bertz CT molecular complexity index is 686. The molecule has 0 aliphatic carbocycles. The molecule has 2 aromatic rings. The van der Waals surface area contributed by atoms with Gasteiger partial charge in [0.25, 0.3) is 0 Å². The number of nitrogens with zero attached hydrogens (tertiary/aromatic N) is 3. The molecule has 3 rings (SSSR count). The van der Waals surface area contributed by atoms with E-state index < -0.39 is 0 Å². The van der Waals surface area contributed by atoms with Crippen LogP contribution in [0, 0.1) is 0 Å². The van der Waals surface area contributed by atoms with Gasteiger partial charge in [0.2, 0.25) is 17.6 Å². The molecular weight excluding hydrogens is 328 g/mol. The number of amides is 1. The van der Waals surface area contributed by atoms with Crippen molar-refractivity contribution in [2.24, 2.45) is 5.73 Å². The number of benzene rings is 1. The van der Waals surface area contributed by atoms with E-state index in [1.54, 1.807) is 12.1 Å². The average Bonchev–Trinajstić information content (AvgIpc) is 3.09. The van der Waals surface area contributed by atoms with Crippen LogP contribution in [0.15, 0.2) is 28.8 Å². The number of nitrogens with two attached hydrogens (primary N) is 1. The molecule has 1 fully saturated rings. The lowest BCUT2D eigenvalue weighted by Gasteiger charge is -2.35. The number of hydrogen-bond acceptors (Lipinski definition) is 5. The Balaban J connectivity index is 1.59. The number of aryl methyl sites for hydroxylation is 1. The van der Waals surface area contributed by atoms with E-state index in [1.165, 1.54) is 0 Å². The Morgan fingerprint density at radius 1 is 1.33 bits per heavy atom. The number of carbonyl (C=O) groups excluding carboxylic acids is 1. The van der Waals surface area contributed by atoms with Crippen LogP contribution in [0.4, 0.5) is 0 Å². The molecule has 0 saturated carbocycles. The van der Waals surface area contributed by atoms with Crippen molar-refractivity contribution in [2.75, 3.05) is 13.1 Å². The third-order valence-corrected chi connectivity index (χ3v) is 4.59. The lowest BCUT2D eigenvalue weighted by Crippen LogP contribution is -2.47. The molecule has 0 radical (unpaired) electrons. The van der Waals surface area contributed by atoms with E-state index in [0.29, 0.717) is 36.1 Å². The Labute approximate surface area is 146 Å². The van der Waals surface area contributed by atoms with Crippen molar-refractivity contribution in [3.63, 3.8) is 0 Å². The van der Waals surface area contributed by atoms with Crippen LogP contribution < -0.4 is 5.73 Å². The monoisotopic (exact) mass is 348 g/mol. The Morgan fingerprint density at radius 2 is 2.12 bits per heavy atom. The second-order valence-electron chi connectivity index (χ2n) is 5.99. The number of halogens is 1. The topological polar surface area (TPSA) is 85.2 Å². The maximum absolute atomic E-state index is 12.4. The highest BCUT2D eigenvalue weighted by molar-refractivity contribution is 6.30. The zero-order valence-electron chi connectivity index (χ0n) is 13.4. The summed E-state index contributed by atoms with van der Waals surface area (Å²) < 4.78 is 5.25. The van der Waals surface area contributed by atoms with E-state index in [4.69, 9.17) is 21.9 Å². The fourth-order valence-corrected chi connectivity index (χ4v) is 3.13. The molecule has 1 aromatic carbocycles. The lowest BCUT2D eigenvalue weighted by molar-refractivity contribution is -0.134. The van der Waals surface area contributed by atoms with Gasteiger partial charge in [-0.05, 0) is 43.5 Å². The summed E-state index contributed by atoms with van der Waals surface area (Å²) in [7, 11) is 0. The molecule has 0 bridgehead atoms. The summed E-state index contributed by atoms with van der Waals surface area (Å²) in [6.45, 7) is 1.31. The fraction of sp³-hybridized carbons (Fsp3) is 0.471. The highest BCUT2D eigenvalue weighted by Crippen LogP contribution is 2.20. The molecule has 1 aliphatic heterocycles. The molecule has 1 amide bonds. The average molecular weight is 349 g/mol. The van der Waals surface area contributed by atoms with Gasteiger partial charge >= 0.3 is 0 Å². The predicted molar refractivity (Wildman–Crippen MR) is 91.5 cm³/mol. The summed E-state index contributed by atoms with van der Waals surface area (Å²) in [6, 6.07) is 7.39. The van der Waals surface area contributed by atoms with Gasteiger partial charge in [0.15, 0.2) is 0 Å². The number of piperidine rings is 1. The largest absolute Gasteiger partial charge is 0.339 e. The Hall–Kier alpha value is -1.92.